The van der Waals surface area contributed by atoms with Gasteiger partial charge in [-0.15, -0.1) is 0 Å². The predicted molar refractivity (Wildman–Crippen MR) is 104 cm³/mol. The lowest BCUT2D eigenvalue weighted by Crippen LogP contribution is -2.58. The van der Waals surface area contributed by atoms with Crippen LogP contribution in [0.25, 0.3) is 0 Å². The molecule has 29 heavy (non-hydrogen) atoms. The summed E-state index contributed by atoms with van der Waals surface area (Å²) < 4.78 is 60.8. The summed E-state index contributed by atoms with van der Waals surface area (Å²) in [7, 11) is 1.35. The molecule has 0 aromatic heterocycles. The van der Waals surface area contributed by atoms with Gasteiger partial charge in [0.1, 0.15) is 11.6 Å². The minimum absolute atomic E-state index is 0.224. The molecule has 1 atom stereocenters. The third-order valence-electron chi connectivity index (χ3n) is 5.01. The summed E-state index contributed by atoms with van der Waals surface area (Å²) in [5.41, 5.74) is -3.15. The maximum Gasteiger partial charge on any atom is 0.419 e. The van der Waals surface area contributed by atoms with Crippen LogP contribution in [0.1, 0.15) is 31.4 Å². The zero-order chi connectivity index (χ0) is 22.0. The minimum atomic E-state index is -4.97. The highest BCUT2D eigenvalue weighted by Gasteiger charge is 2.57. The average molecular weight is 414 g/mol. The topological polar surface area (TPSA) is 58.7 Å². The summed E-state index contributed by atoms with van der Waals surface area (Å²) in [5, 5.41) is 11.6. The van der Waals surface area contributed by atoms with E-state index in [4.69, 9.17) is 10.6 Å². The van der Waals surface area contributed by atoms with Gasteiger partial charge in [-0.25, -0.2) is 10.2 Å². The van der Waals surface area contributed by atoms with Crippen LogP contribution in [0.5, 0.6) is 5.75 Å². The summed E-state index contributed by atoms with van der Waals surface area (Å²) >= 11 is 0. The minimum Gasteiger partial charge on any atom is -0.496 e. The molecule has 0 aliphatic rings. The fourth-order valence-electron chi connectivity index (χ4n) is 3.53. The van der Waals surface area contributed by atoms with Crippen LogP contribution in [0.2, 0.25) is 0 Å². The van der Waals surface area contributed by atoms with Crippen LogP contribution >= 0.6 is 0 Å². The van der Waals surface area contributed by atoms with Gasteiger partial charge in [-0.05, 0) is 48.6 Å². The molecule has 1 unspecified atom stereocenters. The SMILES string of the molecule is COc1ccc(F)cc1C(C)(C)CC(O)(CN(N)c1ccccc1C)C(F)(F)F. The Labute approximate surface area is 167 Å². The smallest absolute Gasteiger partial charge is 0.419 e. The second kappa shape index (κ2) is 8.20. The second-order valence-corrected chi connectivity index (χ2v) is 7.85. The van der Waals surface area contributed by atoms with E-state index in [1.54, 1.807) is 31.2 Å². The number of hydrogen-bond donors (Lipinski definition) is 2. The number of aliphatic hydroxyl groups is 1. The number of hydrazine groups is 1. The molecule has 0 amide bonds. The Hall–Kier alpha value is -2.32. The lowest BCUT2D eigenvalue weighted by atomic mass is 9.74. The number of aryl methyl sites for hydroxylation is 1. The van der Waals surface area contributed by atoms with E-state index < -0.39 is 36.0 Å². The number of benzene rings is 2. The molecule has 8 heteroatoms. The zero-order valence-corrected chi connectivity index (χ0v) is 16.8. The number of nitrogens with two attached hydrogens (primary N) is 1. The Morgan fingerprint density at radius 2 is 1.72 bits per heavy atom. The molecule has 0 bridgehead atoms. The molecule has 0 fully saturated rings. The maximum atomic E-state index is 14.0. The molecular weight excluding hydrogens is 388 g/mol. The predicted octanol–water partition coefficient (Wildman–Crippen LogP) is 4.48. The maximum absolute atomic E-state index is 14.0. The average Bonchev–Trinajstić information content (AvgIpc) is 2.60. The van der Waals surface area contributed by atoms with Gasteiger partial charge in [-0.1, -0.05) is 32.0 Å². The van der Waals surface area contributed by atoms with Crippen LogP contribution in [0.4, 0.5) is 23.2 Å². The molecule has 0 aliphatic carbocycles. The summed E-state index contributed by atoms with van der Waals surface area (Å²) in [6.45, 7) is 3.82. The Balaban J connectivity index is 2.42. The van der Waals surface area contributed by atoms with Gasteiger partial charge in [0, 0.05) is 5.56 Å². The Bertz CT molecular complexity index is 855. The number of nitrogens with zero attached hydrogens (tertiary/aromatic N) is 1. The van der Waals surface area contributed by atoms with Crippen molar-refractivity contribution < 1.29 is 27.4 Å². The van der Waals surface area contributed by atoms with Crippen molar-refractivity contribution in [3.63, 3.8) is 0 Å². The first-order chi connectivity index (χ1) is 13.3. The van der Waals surface area contributed by atoms with Gasteiger partial charge in [0.05, 0.1) is 19.3 Å². The molecule has 2 rings (SSSR count). The molecule has 160 valence electrons. The van der Waals surface area contributed by atoms with Gasteiger partial charge in [0.15, 0.2) is 5.60 Å². The number of rotatable bonds is 7. The van der Waals surface area contributed by atoms with Crippen molar-refractivity contribution in [3.05, 3.63) is 59.4 Å². The molecule has 2 aromatic carbocycles. The van der Waals surface area contributed by atoms with Gasteiger partial charge in [-0.3, -0.25) is 0 Å². The molecular formula is C21H26F4N2O2. The highest BCUT2D eigenvalue weighted by molar-refractivity contribution is 5.52. The number of hydrogen-bond acceptors (Lipinski definition) is 4. The first-order valence-corrected chi connectivity index (χ1v) is 9.02. The van der Waals surface area contributed by atoms with E-state index in [2.05, 4.69) is 0 Å². The Morgan fingerprint density at radius 3 is 2.28 bits per heavy atom. The Morgan fingerprint density at radius 1 is 1.10 bits per heavy atom. The summed E-state index contributed by atoms with van der Waals surface area (Å²) in [5.74, 6) is 5.54. The third kappa shape index (κ3) is 5.00. The van der Waals surface area contributed by atoms with E-state index in [0.717, 1.165) is 17.1 Å². The van der Waals surface area contributed by atoms with Crippen molar-refractivity contribution in [1.29, 1.82) is 0 Å². The van der Waals surface area contributed by atoms with Crippen LogP contribution in [-0.2, 0) is 5.41 Å². The molecule has 0 heterocycles. The van der Waals surface area contributed by atoms with Gasteiger partial charge >= 0.3 is 6.18 Å². The number of methoxy groups -OCH3 is 1. The van der Waals surface area contributed by atoms with E-state index in [1.165, 1.54) is 27.0 Å². The molecule has 0 saturated heterocycles. The van der Waals surface area contributed by atoms with Crippen molar-refractivity contribution in [2.24, 2.45) is 5.84 Å². The van der Waals surface area contributed by atoms with E-state index in [0.29, 0.717) is 11.3 Å². The first-order valence-electron chi connectivity index (χ1n) is 9.02. The van der Waals surface area contributed by atoms with Crippen molar-refractivity contribution in [3.8, 4) is 5.75 Å². The normalized spacial score (nSPS) is 14.4. The molecule has 0 aliphatic heterocycles. The molecule has 2 aromatic rings. The lowest BCUT2D eigenvalue weighted by Gasteiger charge is -2.40. The van der Waals surface area contributed by atoms with Crippen molar-refractivity contribution in [1.82, 2.24) is 0 Å². The number of alkyl halides is 3. The van der Waals surface area contributed by atoms with Gasteiger partial charge in [0.2, 0.25) is 0 Å². The van der Waals surface area contributed by atoms with Crippen LogP contribution in [-0.4, -0.2) is 30.5 Å². The molecule has 0 spiro atoms. The summed E-state index contributed by atoms with van der Waals surface area (Å²) in [6, 6.07) is 10.3. The molecule has 3 N–H and O–H groups in total. The van der Waals surface area contributed by atoms with Crippen molar-refractivity contribution in [2.75, 3.05) is 18.7 Å². The van der Waals surface area contributed by atoms with E-state index >= 15 is 0 Å². The van der Waals surface area contributed by atoms with Crippen molar-refractivity contribution in [2.45, 2.75) is 44.4 Å². The highest BCUT2D eigenvalue weighted by Crippen LogP contribution is 2.44. The lowest BCUT2D eigenvalue weighted by molar-refractivity contribution is -0.262. The fraction of sp³-hybridized carbons (Fsp3) is 0.429. The number of anilines is 1. The third-order valence-corrected chi connectivity index (χ3v) is 5.01. The fourth-order valence-corrected chi connectivity index (χ4v) is 3.53. The molecule has 0 saturated carbocycles. The standard InChI is InChI=1S/C21H26F4N2O2/c1-14-7-5-6-8-17(14)27(26)13-20(28,21(23,24)25)12-19(2,3)16-11-15(22)9-10-18(16)29-4/h5-11,28H,12-13,26H2,1-4H3. The monoisotopic (exact) mass is 414 g/mol. The Kier molecular flexibility index (Phi) is 6.49. The molecule has 0 radical (unpaired) electrons. The van der Waals surface area contributed by atoms with Gasteiger partial charge < -0.3 is 14.9 Å². The van der Waals surface area contributed by atoms with Crippen LogP contribution in [0, 0.1) is 12.7 Å². The quantitative estimate of drug-likeness (QED) is 0.398. The zero-order valence-electron chi connectivity index (χ0n) is 16.8. The van der Waals surface area contributed by atoms with E-state index in [-0.39, 0.29) is 11.3 Å². The first kappa shape index (κ1) is 23.0. The van der Waals surface area contributed by atoms with Crippen LogP contribution in [0.3, 0.4) is 0 Å². The van der Waals surface area contributed by atoms with Crippen LogP contribution in [0.15, 0.2) is 42.5 Å². The summed E-state index contributed by atoms with van der Waals surface area (Å²) in [4.78, 5) is 0. The summed E-state index contributed by atoms with van der Waals surface area (Å²) in [6.07, 6.45) is -5.71. The highest BCUT2D eigenvalue weighted by atomic mass is 19.4. The van der Waals surface area contributed by atoms with Crippen LogP contribution < -0.4 is 15.6 Å². The van der Waals surface area contributed by atoms with Gasteiger partial charge in [-0.2, -0.15) is 13.2 Å². The number of para-hydroxylation sites is 1. The van der Waals surface area contributed by atoms with E-state index in [1.807, 2.05) is 0 Å². The number of halogens is 4. The van der Waals surface area contributed by atoms with Gasteiger partial charge in [0.25, 0.3) is 0 Å². The number of ether oxygens (including phenoxy) is 1. The largest absolute Gasteiger partial charge is 0.496 e. The van der Waals surface area contributed by atoms with E-state index in [9.17, 15) is 22.7 Å². The second-order valence-electron chi connectivity index (χ2n) is 7.85. The molecule has 4 nitrogen and oxygen atoms in total. The van der Waals surface area contributed by atoms with Crippen molar-refractivity contribution >= 4 is 5.69 Å².